The summed E-state index contributed by atoms with van der Waals surface area (Å²) in [5, 5.41) is 7.16. The second-order valence-corrected chi connectivity index (χ2v) is 8.25. The highest BCUT2D eigenvalue weighted by Crippen LogP contribution is 2.54. The van der Waals surface area contributed by atoms with Gasteiger partial charge in [-0.15, -0.1) is 0 Å². The number of rotatable bonds is 1. The number of hydrogen-bond acceptors (Lipinski definition) is 3. The van der Waals surface area contributed by atoms with Gasteiger partial charge in [0.2, 0.25) is 5.91 Å². The molecule has 3 aromatic rings. The number of halogens is 1. The molecule has 1 spiro atoms. The maximum absolute atomic E-state index is 13.2. The number of carbonyl (C=O) groups is 1. The zero-order chi connectivity index (χ0) is 18.4. The van der Waals surface area contributed by atoms with Crippen LogP contribution in [0.3, 0.4) is 0 Å². The van der Waals surface area contributed by atoms with Crippen molar-refractivity contribution in [3.05, 3.63) is 95.0 Å². The van der Waals surface area contributed by atoms with Crippen LogP contribution < -0.4 is 10.6 Å². The Labute approximate surface area is 166 Å². The number of para-hydroxylation sites is 1. The third-order valence-corrected chi connectivity index (χ3v) is 6.48. The van der Waals surface area contributed by atoms with Crippen molar-refractivity contribution in [2.24, 2.45) is 0 Å². The van der Waals surface area contributed by atoms with Crippen molar-refractivity contribution in [2.45, 2.75) is 9.64 Å². The maximum Gasteiger partial charge on any atom is 0.249 e. The van der Waals surface area contributed by atoms with Crippen molar-refractivity contribution in [3.63, 3.8) is 0 Å². The Morgan fingerprint density at radius 2 is 1.63 bits per heavy atom. The molecule has 1 unspecified atom stereocenters. The maximum atomic E-state index is 13.2. The van der Waals surface area contributed by atoms with Crippen LogP contribution >= 0.6 is 23.4 Å². The first-order valence-corrected chi connectivity index (χ1v) is 9.80. The molecule has 2 aliphatic rings. The number of benzene rings is 3. The van der Waals surface area contributed by atoms with Crippen LogP contribution in [0.4, 0.5) is 11.4 Å². The van der Waals surface area contributed by atoms with E-state index < -0.39 is 4.75 Å². The average Bonchev–Trinajstić information content (AvgIpc) is 2.85. The van der Waals surface area contributed by atoms with Gasteiger partial charge in [0.15, 0.2) is 0 Å². The van der Waals surface area contributed by atoms with Gasteiger partial charge in [-0.3, -0.25) is 4.79 Å². The molecule has 3 nitrogen and oxygen atoms in total. The monoisotopic (exact) mass is 390 g/mol. The Morgan fingerprint density at radius 3 is 2.48 bits per heavy atom. The molecule has 2 aliphatic heterocycles. The second-order valence-electron chi connectivity index (χ2n) is 6.53. The van der Waals surface area contributed by atoms with E-state index in [0.717, 1.165) is 33.1 Å². The minimum Gasteiger partial charge on any atom is -0.354 e. The number of carbonyl (C=O) groups excluding carboxylic acids is 1. The average molecular weight is 391 g/mol. The molecule has 3 aromatic carbocycles. The highest BCUT2D eigenvalue weighted by atomic mass is 35.5. The Bertz CT molecular complexity index is 1100. The van der Waals surface area contributed by atoms with E-state index in [0.29, 0.717) is 5.02 Å². The van der Waals surface area contributed by atoms with E-state index >= 15 is 0 Å². The predicted molar refractivity (Wildman–Crippen MR) is 112 cm³/mol. The van der Waals surface area contributed by atoms with E-state index in [2.05, 4.69) is 10.6 Å². The lowest BCUT2D eigenvalue weighted by Crippen LogP contribution is -2.29. The number of fused-ring (bicyclic) bond motifs is 3. The largest absolute Gasteiger partial charge is 0.354 e. The molecule has 132 valence electrons. The fraction of sp³-hybridized carbons (Fsp3) is 0.0455. The lowest BCUT2D eigenvalue weighted by atomic mass is 9.96. The SMILES string of the molecule is O=C1Nc2ccc(Cl)cc2C12C=C(c1ccccc1)Nc1ccccc1S2. The summed E-state index contributed by atoms with van der Waals surface area (Å²) < 4.78 is -0.884. The van der Waals surface area contributed by atoms with Crippen LogP contribution in [0, 0.1) is 0 Å². The first kappa shape index (κ1) is 16.5. The quantitative estimate of drug-likeness (QED) is 0.556. The van der Waals surface area contributed by atoms with Crippen LogP contribution in [-0.2, 0) is 9.54 Å². The Kier molecular flexibility index (Phi) is 3.78. The molecule has 0 radical (unpaired) electrons. The molecule has 2 heterocycles. The van der Waals surface area contributed by atoms with Gasteiger partial charge in [0.1, 0.15) is 4.75 Å². The van der Waals surface area contributed by atoms with Gasteiger partial charge in [0, 0.05) is 26.9 Å². The van der Waals surface area contributed by atoms with Gasteiger partial charge < -0.3 is 10.6 Å². The topological polar surface area (TPSA) is 41.1 Å². The fourth-order valence-corrected chi connectivity index (χ4v) is 5.03. The fourth-order valence-electron chi connectivity index (χ4n) is 3.53. The predicted octanol–water partition coefficient (Wildman–Crippen LogP) is 5.75. The summed E-state index contributed by atoms with van der Waals surface area (Å²) in [6.45, 7) is 0. The van der Waals surface area contributed by atoms with E-state index in [9.17, 15) is 4.79 Å². The first-order valence-electron chi connectivity index (χ1n) is 8.60. The molecule has 0 fully saturated rings. The molecule has 1 atom stereocenters. The van der Waals surface area contributed by atoms with E-state index in [1.54, 1.807) is 6.07 Å². The van der Waals surface area contributed by atoms with Gasteiger partial charge >= 0.3 is 0 Å². The van der Waals surface area contributed by atoms with Crippen LogP contribution in [0.15, 0.2) is 83.8 Å². The highest BCUT2D eigenvalue weighted by molar-refractivity contribution is 8.01. The molecule has 0 aromatic heterocycles. The van der Waals surface area contributed by atoms with Gasteiger partial charge in [0.25, 0.3) is 0 Å². The number of anilines is 2. The minimum absolute atomic E-state index is 0.0586. The van der Waals surface area contributed by atoms with Crippen molar-refractivity contribution in [3.8, 4) is 0 Å². The summed E-state index contributed by atoms with van der Waals surface area (Å²) in [6, 6.07) is 23.6. The van der Waals surface area contributed by atoms with Crippen molar-refractivity contribution in [1.29, 1.82) is 0 Å². The van der Waals surface area contributed by atoms with Gasteiger partial charge in [-0.1, -0.05) is 65.8 Å². The van der Waals surface area contributed by atoms with Crippen LogP contribution in [-0.4, -0.2) is 5.91 Å². The summed E-state index contributed by atoms with van der Waals surface area (Å²) in [5.74, 6) is -0.0586. The Hall–Kier alpha value is -2.69. The molecular formula is C22H15ClN2OS. The zero-order valence-corrected chi connectivity index (χ0v) is 15.8. The minimum atomic E-state index is -0.884. The van der Waals surface area contributed by atoms with Crippen molar-refractivity contribution in [2.75, 3.05) is 10.6 Å². The Morgan fingerprint density at radius 1 is 0.852 bits per heavy atom. The Balaban J connectivity index is 1.79. The summed E-state index contributed by atoms with van der Waals surface area (Å²) in [5.41, 5.74) is 4.60. The third-order valence-electron chi connectivity index (χ3n) is 4.83. The number of thioether (sulfide) groups is 1. The van der Waals surface area contributed by atoms with E-state index in [1.807, 2.05) is 72.8 Å². The van der Waals surface area contributed by atoms with E-state index in [1.165, 1.54) is 11.8 Å². The molecule has 5 heteroatoms. The van der Waals surface area contributed by atoms with Crippen LogP contribution in [0.25, 0.3) is 5.70 Å². The van der Waals surface area contributed by atoms with Gasteiger partial charge in [0.05, 0.1) is 5.69 Å². The standard InChI is InChI=1S/C22H15ClN2OS/c23-15-10-11-17-16(12-15)22(21(26)25-17)13-19(14-6-2-1-3-7-14)24-18-8-4-5-9-20(18)27-22/h1-13,24H,(H,25,26). The molecule has 1 amide bonds. The third kappa shape index (κ3) is 2.64. The van der Waals surface area contributed by atoms with Crippen molar-refractivity contribution >= 4 is 46.3 Å². The van der Waals surface area contributed by atoms with Crippen LogP contribution in [0.1, 0.15) is 11.1 Å². The number of hydrogen-bond donors (Lipinski definition) is 2. The lowest BCUT2D eigenvalue weighted by Gasteiger charge is -2.23. The summed E-state index contributed by atoms with van der Waals surface area (Å²) >= 11 is 7.82. The van der Waals surface area contributed by atoms with Gasteiger partial charge in [-0.05, 0) is 42.0 Å². The molecular weight excluding hydrogens is 376 g/mol. The first-order chi connectivity index (χ1) is 13.2. The molecule has 0 aliphatic carbocycles. The van der Waals surface area contributed by atoms with Crippen molar-refractivity contribution < 1.29 is 4.79 Å². The summed E-state index contributed by atoms with van der Waals surface area (Å²) in [4.78, 5) is 14.2. The molecule has 0 saturated heterocycles. The molecule has 27 heavy (non-hydrogen) atoms. The molecule has 2 N–H and O–H groups in total. The lowest BCUT2D eigenvalue weighted by molar-refractivity contribution is -0.116. The van der Waals surface area contributed by atoms with Gasteiger partial charge in [-0.25, -0.2) is 0 Å². The number of amides is 1. The van der Waals surface area contributed by atoms with Crippen LogP contribution in [0.2, 0.25) is 5.02 Å². The van der Waals surface area contributed by atoms with E-state index in [-0.39, 0.29) is 5.91 Å². The molecule has 5 rings (SSSR count). The summed E-state index contributed by atoms with van der Waals surface area (Å²) in [6.07, 6.45) is 2.02. The second kappa shape index (κ2) is 6.19. The van der Waals surface area contributed by atoms with Gasteiger partial charge in [-0.2, -0.15) is 0 Å². The molecule has 0 bridgehead atoms. The normalized spacial score (nSPS) is 20.2. The number of nitrogens with one attached hydrogen (secondary N) is 2. The van der Waals surface area contributed by atoms with E-state index in [4.69, 9.17) is 11.6 Å². The summed E-state index contributed by atoms with van der Waals surface area (Å²) in [7, 11) is 0. The smallest absolute Gasteiger partial charge is 0.249 e. The zero-order valence-electron chi connectivity index (χ0n) is 14.2. The van der Waals surface area contributed by atoms with Crippen molar-refractivity contribution in [1.82, 2.24) is 0 Å². The van der Waals surface area contributed by atoms with Crippen LogP contribution in [0.5, 0.6) is 0 Å². The molecule has 0 saturated carbocycles. The highest BCUT2D eigenvalue weighted by Gasteiger charge is 2.48.